The van der Waals surface area contributed by atoms with Crippen molar-refractivity contribution in [3.63, 3.8) is 0 Å². The number of amides is 2. The van der Waals surface area contributed by atoms with Gasteiger partial charge in [0.15, 0.2) is 0 Å². The summed E-state index contributed by atoms with van der Waals surface area (Å²) in [4.78, 5) is 23.4. The number of nitrogens with one attached hydrogen (secondary N) is 2. The first-order valence-electron chi connectivity index (χ1n) is 7.78. The lowest BCUT2D eigenvalue weighted by molar-refractivity contribution is -0.136. The lowest BCUT2D eigenvalue weighted by Gasteiger charge is -2.14. The number of anilines is 1. The molecule has 0 aliphatic carbocycles. The van der Waals surface area contributed by atoms with Crippen LogP contribution in [0.25, 0.3) is 0 Å². The van der Waals surface area contributed by atoms with Gasteiger partial charge in [-0.2, -0.15) is 13.2 Å². The summed E-state index contributed by atoms with van der Waals surface area (Å²) < 4.78 is 43.6. The summed E-state index contributed by atoms with van der Waals surface area (Å²) in [6.07, 6.45) is -4.56. The fraction of sp³-hybridized carbons (Fsp3) is 0.222. The summed E-state index contributed by atoms with van der Waals surface area (Å²) in [5, 5.41) is 4.66. The van der Waals surface area contributed by atoms with E-state index in [1.54, 1.807) is 31.2 Å². The van der Waals surface area contributed by atoms with E-state index in [4.69, 9.17) is 4.74 Å². The summed E-state index contributed by atoms with van der Waals surface area (Å²) >= 11 is 0. The molecule has 0 radical (unpaired) electrons. The number of ether oxygens (including phenoxy) is 1. The Hall–Kier alpha value is -3.03. The molecule has 0 heterocycles. The van der Waals surface area contributed by atoms with Crippen LogP contribution < -0.4 is 10.6 Å². The molecule has 0 saturated heterocycles. The van der Waals surface area contributed by atoms with Crippen LogP contribution in [0.5, 0.6) is 0 Å². The smallest absolute Gasteiger partial charge is 0.418 e. The van der Waals surface area contributed by atoms with E-state index in [2.05, 4.69) is 10.6 Å². The van der Waals surface area contributed by atoms with Gasteiger partial charge in [-0.25, -0.2) is 9.59 Å². The second-order valence-corrected chi connectivity index (χ2v) is 5.27. The van der Waals surface area contributed by atoms with Crippen LogP contribution in [-0.4, -0.2) is 18.6 Å². The van der Waals surface area contributed by atoms with Gasteiger partial charge in [0.1, 0.15) is 0 Å². The van der Waals surface area contributed by atoms with Gasteiger partial charge in [-0.3, -0.25) is 0 Å². The van der Waals surface area contributed by atoms with Crippen LogP contribution in [0.4, 0.5) is 23.7 Å². The first-order valence-corrected chi connectivity index (χ1v) is 7.78. The minimum Gasteiger partial charge on any atom is -0.462 e. The van der Waals surface area contributed by atoms with Crippen LogP contribution in [0.3, 0.4) is 0 Å². The number of halogens is 3. The first-order chi connectivity index (χ1) is 12.3. The topological polar surface area (TPSA) is 67.4 Å². The van der Waals surface area contributed by atoms with E-state index in [1.807, 2.05) is 0 Å². The van der Waals surface area contributed by atoms with Crippen molar-refractivity contribution in [3.05, 3.63) is 65.2 Å². The number of carbonyl (C=O) groups is 2. The molecule has 2 aromatic carbocycles. The Morgan fingerprint density at radius 2 is 1.69 bits per heavy atom. The van der Waals surface area contributed by atoms with E-state index in [0.29, 0.717) is 11.1 Å². The highest BCUT2D eigenvalue weighted by Gasteiger charge is 2.33. The van der Waals surface area contributed by atoms with E-state index in [0.717, 1.165) is 6.07 Å². The molecule has 0 spiro atoms. The van der Waals surface area contributed by atoms with Crippen LogP contribution in [0.15, 0.2) is 48.5 Å². The molecule has 5 nitrogen and oxygen atoms in total. The minimum atomic E-state index is -4.56. The van der Waals surface area contributed by atoms with Gasteiger partial charge in [-0.15, -0.1) is 0 Å². The SMILES string of the molecule is CCOC(=O)c1ccc(CNC(=O)Nc2ccccc2C(F)(F)F)cc1. The third-order valence-electron chi connectivity index (χ3n) is 3.40. The highest BCUT2D eigenvalue weighted by molar-refractivity contribution is 5.90. The maximum atomic E-state index is 12.9. The van der Waals surface area contributed by atoms with E-state index in [9.17, 15) is 22.8 Å². The zero-order chi connectivity index (χ0) is 19.2. The van der Waals surface area contributed by atoms with E-state index < -0.39 is 23.7 Å². The Kier molecular flexibility index (Phi) is 6.21. The Morgan fingerprint density at radius 3 is 2.31 bits per heavy atom. The molecule has 0 aliphatic rings. The Morgan fingerprint density at radius 1 is 1.04 bits per heavy atom. The second-order valence-electron chi connectivity index (χ2n) is 5.27. The number of hydrogen-bond acceptors (Lipinski definition) is 3. The van der Waals surface area contributed by atoms with Crippen molar-refractivity contribution in [1.82, 2.24) is 5.32 Å². The average Bonchev–Trinajstić information content (AvgIpc) is 2.60. The number of urea groups is 1. The predicted molar refractivity (Wildman–Crippen MR) is 89.7 cm³/mol. The van der Waals surface area contributed by atoms with Gasteiger partial charge >= 0.3 is 18.2 Å². The van der Waals surface area contributed by atoms with Gasteiger partial charge in [-0.05, 0) is 36.8 Å². The van der Waals surface area contributed by atoms with Crippen molar-refractivity contribution < 1.29 is 27.5 Å². The number of rotatable bonds is 5. The summed E-state index contributed by atoms with van der Waals surface area (Å²) in [6, 6.07) is 10.3. The monoisotopic (exact) mass is 366 g/mol. The van der Waals surface area contributed by atoms with Gasteiger partial charge in [0.2, 0.25) is 0 Å². The van der Waals surface area contributed by atoms with Crippen LogP contribution in [0.2, 0.25) is 0 Å². The molecule has 0 unspecified atom stereocenters. The summed E-state index contributed by atoms with van der Waals surface area (Å²) in [5.41, 5.74) is -0.194. The van der Waals surface area contributed by atoms with Gasteiger partial charge in [0.05, 0.1) is 23.4 Å². The molecule has 0 bridgehead atoms. The van der Waals surface area contributed by atoms with Crippen LogP contribution in [0.1, 0.15) is 28.4 Å². The fourth-order valence-electron chi connectivity index (χ4n) is 2.16. The number of hydrogen-bond donors (Lipinski definition) is 2. The average molecular weight is 366 g/mol. The summed E-state index contributed by atoms with van der Waals surface area (Å²) in [6.45, 7) is 2.05. The Balaban J connectivity index is 1.95. The maximum Gasteiger partial charge on any atom is 0.418 e. The van der Waals surface area contributed by atoms with Gasteiger partial charge in [0, 0.05) is 6.54 Å². The summed E-state index contributed by atoms with van der Waals surface area (Å²) in [5.74, 6) is -0.450. The number of carbonyl (C=O) groups excluding carboxylic acids is 2. The molecule has 0 aliphatic heterocycles. The zero-order valence-corrected chi connectivity index (χ0v) is 13.9. The number of benzene rings is 2. The molecule has 0 fully saturated rings. The van der Waals surface area contributed by atoms with Crippen LogP contribution in [0, 0.1) is 0 Å². The Labute approximate surface area is 148 Å². The first kappa shape index (κ1) is 19.3. The van der Waals surface area contributed by atoms with Crippen molar-refractivity contribution in [1.29, 1.82) is 0 Å². The number of para-hydroxylation sites is 1. The van der Waals surface area contributed by atoms with E-state index in [-0.39, 0.29) is 18.8 Å². The lowest BCUT2D eigenvalue weighted by atomic mass is 10.1. The van der Waals surface area contributed by atoms with Crippen molar-refractivity contribution in [3.8, 4) is 0 Å². The van der Waals surface area contributed by atoms with Crippen LogP contribution in [-0.2, 0) is 17.5 Å². The highest BCUT2D eigenvalue weighted by Crippen LogP contribution is 2.34. The predicted octanol–water partition coefficient (Wildman–Crippen LogP) is 4.20. The standard InChI is InChI=1S/C18H17F3N2O3/c1-2-26-16(24)13-9-7-12(8-10-13)11-22-17(25)23-15-6-4-3-5-14(15)18(19,20)21/h3-10H,2,11H2,1H3,(H2,22,23,25). The number of esters is 1. The molecular weight excluding hydrogens is 349 g/mol. The van der Waals surface area contributed by atoms with E-state index in [1.165, 1.54) is 18.2 Å². The second kappa shape index (κ2) is 8.37. The van der Waals surface area contributed by atoms with Crippen LogP contribution >= 0.6 is 0 Å². The quantitative estimate of drug-likeness (QED) is 0.779. The largest absolute Gasteiger partial charge is 0.462 e. The molecule has 0 saturated carbocycles. The molecule has 2 amide bonds. The fourth-order valence-corrected chi connectivity index (χ4v) is 2.16. The molecule has 2 rings (SSSR count). The zero-order valence-electron chi connectivity index (χ0n) is 13.9. The van der Waals surface area contributed by atoms with Gasteiger partial charge in [-0.1, -0.05) is 24.3 Å². The molecule has 0 aromatic heterocycles. The molecule has 2 aromatic rings. The minimum absolute atomic E-state index is 0.0864. The highest BCUT2D eigenvalue weighted by atomic mass is 19.4. The Bertz CT molecular complexity index is 774. The summed E-state index contributed by atoms with van der Waals surface area (Å²) in [7, 11) is 0. The van der Waals surface area contributed by atoms with Gasteiger partial charge in [0.25, 0.3) is 0 Å². The number of alkyl halides is 3. The molecule has 8 heteroatoms. The van der Waals surface area contributed by atoms with Crippen molar-refractivity contribution in [2.24, 2.45) is 0 Å². The van der Waals surface area contributed by atoms with Crippen molar-refractivity contribution in [2.45, 2.75) is 19.6 Å². The molecule has 26 heavy (non-hydrogen) atoms. The molecule has 2 N–H and O–H groups in total. The molecule has 0 atom stereocenters. The lowest BCUT2D eigenvalue weighted by Crippen LogP contribution is -2.29. The van der Waals surface area contributed by atoms with Crippen molar-refractivity contribution in [2.75, 3.05) is 11.9 Å². The third kappa shape index (κ3) is 5.23. The molecule has 138 valence electrons. The van der Waals surface area contributed by atoms with E-state index >= 15 is 0 Å². The van der Waals surface area contributed by atoms with Crippen molar-refractivity contribution >= 4 is 17.7 Å². The molecular formula is C18H17F3N2O3. The normalized spacial score (nSPS) is 10.9. The maximum absolute atomic E-state index is 12.9. The van der Waals surface area contributed by atoms with Gasteiger partial charge < -0.3 is 15.4 Å². The third-order valence-corrected chi connectivity index (χ3v) is 3.40.